The van der Waals surface area contributed by atoms with E-state index in [9.17, 15) is 4.79 Å². The number of unbranched alkanes of at least 4 members (excludes halogenated alkanes) is 6. The molecule has 1 aromatic heterocycles. The predicted octanol–water partition coefficient (Wildman–Crippen LogP) is 6.53. The Balaban J connectivity index is 2.09. The normalized spacial score (nSPS) is 11.2. The Bertz CT molecular complexity index is 721. The van der Waals surface area contributed by atoms with E-state index in [4.69, 9.17) is 20.8 Å². The predicted molar refractivity (Wildman–Crippen MR) is 105 cm³/mol. The van der Waals surface area contributed by atoms with E-state index in [2.05, 4.69) is 13.8 Å². The van der Waals surface area contributed by atoms with Crippen LogP contribution in [0, 0.1) is 0 Å². The van der Waals surface area contributed by atoms with Crippen LogP contribution < -0.4 is 10.4 Å². The minimum Gasteiger partial charge on any atom is -0.492 e. The smallest absolute Gasteiger partial charge is 0.345 e. The van der Waals surface area contributed by atoms with E-state index in [1.165, 1.54) is 25.7 Å². The summed E-state index contributed by atoms with van der Waals surface area (Å²) in [4.78, 5) is 12.4. The number of fused-ring (bicyclic) bond motifs is 1. The molecule has 3 nitrogen and oxygen atoms in total. The Kier molecular flexibility index (Phi) is 8.33. The number of benzene rings is 1. The Morgan fingerprint density at radius 1 is 1.00 bits per heavy atom. The number of rotatable bonds is 11. The van der Waals surface area contributed by atoms with E-state index in [0.717, 1.165) is 43.3 Å². The summed E-state index contributed by atoms with van der Waals surface area (Å²) in [6, 6.07) is 5.68. The summed E-state index contributed by atoms with van der Waals surface area (Å²) >= 11 is 6.39. The second-order valence-corrected chi connectivity index (χ2v) is 6.94. The summed E-state index contributed by atoms with van der Waals surface area (Å²) in [5.74, 6) is 1.30. The molecule has 25 heavy (non-hydrogen) atoms. The molecule has 0 unspecified atom stereocenters. The second-order valence-electron chi connectivity index (χ2n) is 6.56. The third kappa shape index (κ3) is 5.78. The maximum absolute atomic E-state index is 12.4. The standard InChI is InChI=1S/C21H29ClO3/c1-3-5-7-8-9-11-17-15-16-12-13-18(24-14-10-6-4-2)20(22)19(16)21(23)25-17/h12-13,15H,3-11,14H2,1-2H3. The highest BCUT2D eigenvalue weighted by Gasteiger charge is 2.13. The van der Waals surface area contributed by atoms with Crippen LogP contribution in [0.2, 0.25) is 5.02 Å². The molecule has 0 bridgehead atoms. The van der Waals surface area contributed by atoms with E-state index in [-0.39, 0.29) is 5.63 Å². The van der Waals surface area contributed by atoms with Crippen molar-refractivity contribution in [2.75, 3.05) is 6.61 Å². The highest BCUT2D eigenvalue weighted by Crippen LogP contribution is 2.31. The molecule has 0 aliphatic rings. The molecule has 0 saturated heterocycles. The fourth-order valence-corrected chi connectivity index (χ4v) is 3.25. The molecule has 0 spiro atoms. The first-order valence-electron chi connectivity index (χ1n) is 9.55. The summed E-state index contributed by atoms with van der Waals surface area (Å²) in [6.45, 7) is 4.96. The average Bonchev–Trinajstić information content (AvgIpc) is 2.60. The fourth-order valence-electron chi connectivity index (χ4n) is 2.94. The zero-order valence-corrected chi connectivity index (χ0v) is 16.2. The zero-order valence-electron chi connectivity index (χ0n) is 15.4. The van der Waals surface area contributed by atoms with Crippen LogP contribution >= 0.6 is 11.6 Å². The van der Waals surface area contributed by atoms with E-state index in [0.29, 0.717) is 22.8 Å². The van der Waals surface area contributed by atoms with Crippen molar-refractivity contribution in [3.63, 3.8) is 0 Å². The van der Waals surface area contributed by atoms with Gasteiger partial charge in [-0.25, -0.2) is 4.79 Å². The van der Waals surface area contributed by atoms with Gasteiger partial charge < -0.3 is 9.15 Å². The molecule has 0 amide bonds. The van der Waals surface area contributed by atoms with Crippen LogP contribution in [0.5, 0.6) is 5.75 Å². The van der Waals surface area contributed by atoms with Gasteiger partial charge in [-0.15, -0.1) is 0 Å². The van der Waals surface area contributed by atoms with Crippen LogP contribution in [-0.2, 0) is 6.42 Å². The fraction of sp³-hybridized carbons (Fsp3) is 0.571. The molecule has 0 aliphatic heterocycles. The summed E-state index contributed by atoms with van der Waals surface area (Å²) in [5.41, 5.74) is -0.370. The van der Waals surface area contributed by atoms with Gasteiger partial charge in [0.2, 0.25) is 0 Å². The van der Waals surface area contributed by atoms with Gasteiger partial charge >= 0.3 is 5.63 Å². The van der Waals surface area contributed by atoms with E-state index < -0.39 is 0 Å². The van der Waals surface area contributed by atoms with Crippen LogP contribution in [0.3, 0.4) is 0 Å². The van der Waals surface area contributed by atoms with Crippen molar-refractivity contribution in [2.45, 2.75) is 71.6 Å². The number of ether oxygens (including phenoxy) is 1. The van der Waals surface area contributed by atoms with Gasteiger partial charge in [-0.2, -0.15) is 0 Å². The molecular formula is C21H29ClO3. The van der Waals surface area contributed by atoms with E-state index in [1.54, 1.807) is 0 Å². The molecule has 0 aliphatic carbocycles. The molecule has 2 aromatic rings. The Morgan fingerprint density at radius 2 is 1.72 bits per heavy atom. The first-order chi connectivity index (χ1) is 12.2. The molecule has 1 aromatic carbocycles. The largest absolute Gasteiger partial charge is 0.492 e. The van der Waals surface area contributed by atoms with Gasteiger partial charge in [0.25, 0.3) is 0 Å². The number of hydrogen-bond acceptors (Lipinski definition) is 3. The third-order valence-electron chi connectivity index (χ3n) is 4.42. The summed E-state index contributed by atoms with van der Waals surface area (Å²) < 4.78 is 11.2. The molecule has 138 valence electrons. The highest BCUT2D eigenvalue weighted by atomic mass is 35.5. The Morgan fingerprint density at radius 3 is 2.48 bits per heavy atom. The highest BCUT2D eigenvalue weighted by molar-refractivity contribution is 6.36. The van der Waals surface area contributed by atoms with Crippen molar-refractivity contribution in [1.82, 2.24) is 0 Å². The minimum absolute atomic E-state index is 0.359. The first kappa shape index (κ1) is 19.8. The molecule has 0 saturated carbocycles. The van der Waals surface area contributed by atoms with Gasteiger partial charge in [0.05, 0.1) is 17.0 Å². The van der Waals surface area contributed by atoms with Gasteiger partial charge in [-0.1, -0.05) is 70.0 Å². The third-order valence-corrected chi connectivity index (χ3v) is 4.79. The van der Waals surface area contributed by atoms with Gasteiger partial charge in [0, 0.05) is 6.42 Å². The molecule has 0 N–H and O–H groups in total. The van der Waals surface area contributed by atoms with Crippen LogP contribution in [0.25, 0.3) is 10.8 Å². The molecule has 0 radical (unpaired) electrons. The van der Waals surface area contributed by atoms with Gasteiger partial charge in [-0.05, 0) is 30.4 Å². The quantitative estimate of drug-likeness (QED) is 0.425. The van der Waals surface area contributed by atoms with Gasteiger partial charge in [0.15, 0.2) is 0 Å². The van der Waals surface area contributed by atoms with E-state index >= 15 is 0 Å². The van der Waals surface area contributed by atoms with Crippen molar-refractivity contribution in [3.8, 4) is 5.75 Å². The van der Waals surface area contributed by atoms with Crippen LogP contribution in [-0.4, -0.2) is 6.61 Å². The SMILES string of the molecule is CCCCCCCc1cc2ccc(OCCCCC)c(Cl)c2c(=O)o1. The topological polar surface area (TPSA) is 39.4 Å². The maximum atomic E-state index is 12.4. The molecule has 4 heteroatoms. The molecule has 0 atom stereocenters. The zero-order chi connectivity index (χ0) is 18.1. The van der Waals surface area contributed by atoms with Crippen molar-refractivity contribution < 1.29 is 9.15 Å². The lowest BCUT2D eigenvalue weighted by Crippen LogP contribution is -2.05. The maximum Gasteiger partial charge on any atom is 0.345 e. The van der Waals surface area contributed by atoms with Crippen molar-refractivity contribution in [2.24, 2.45) is 0 Å². The molecule has 2 rings (SSSR count). The summed E-state index contributed by atoms with van der Waals surface area (Å²) in [5, 5.41) is 1.60. The Hall–Kier alpha value is -1.48. The first-order valence-corrected chi connectivity index (χ1v) is 9.93. The average molecular weight is 365 g/mol. The van der Waals surface area contributed by atoms with Crippen molar-refractivity contribution in [3.05, 3.63) is 39.4 Å². The monoisotopic (exact) mass is 364 g/mol. The number of hydrogen-bond donors (Lipinski definition) is 0. The van der Waals surface area contributed by atoms with Crippen molar-refractivity contribution in [1.29, 1.82) is 0 Å². The molecule has 1 heterocycles. The van der Waals surface area contributed by atoms with Crippen LogP contribution in [0.15, 0.2) is 27.4 Å². The second kappa shape index (κ2) is 10.5. The van der Waals surface area contributed by atoms with E-state index in [1.807, 2.05) is 18.2 Å². The van der Waals surface area contributed by atoms with Crippen LogP contribution in [0.4, 0.5) is 0 Å². The number of aryl methyl sites for hydroxylation is 1. The van der Waals surface area contributed by atoms with Crippen LogP contribution in [0.1, 0.15) is 71.0 Å². The lowest BCUT2D eigenvalue weighted by Gasteiger charge is -2.10. The summed E-state index contributed by atoms with van der Waals surface area (Å²) in [7, 11) is 0. The Labute approximate surface area is 155 Å². The van der Waals surface area contributed by atoms with Crippen molar-refractivity contribution >= 4 is 22.4 Å². The lowest BCUT2D eigenvalue weighted by molar-refractivity contribution is 0.306. The van der Waals surface area contributed by atoms with Gasteiger partial charge in [-0.3, -0.25) is 0 Å². The number of halogens is 1. The van der Waals surface area contributed by atoms with Gasteiger partial charge in [0.1, 0.15) is 11.5 Å². The summed E-state index contributed by atoms with van der Waals surface area (Å²) in [6.07, 6.45) is 9.97. The minimum atomic E-state index is -0.370. The molecule has 0 fully saturated rings. The lowest BCUT2D eigenvalue weighted by atomic mass is 10.1. The molecular weight excluding hydrogens is 336 g/mol.